The van der Waals surface area contributed by atoms with E-state index in [0.29, 0.717) is 6.04 Å². The van der Waals surface area contributed by atoms with E-state index in [-0.39, 0.29) is 11.9 Å². The normalized spacial score (nSPS) is 17.9. The largest absolute Gasteiger partial charge is 0.352 e. The van der Waals surface area contributed by atoms with Gasteiger partial charge in [-0.15, -0.1) is 0 Å². The average molecular weight is 222 g/mol. The van der Waals surface area contributed by atoms with E-state index in [9.17, 15) is 4.79 Å². The molecule has 0 bridgehead atoms. The minimum Gasteiger partial charge on any atom is -0.352 e. The molecule has 1 aromatic heterocycles. The summed E-state index contributed by atoms with van der Waals surface area (Å²) in [4.78, 5) is 12.0. The summed E-state index contributed by atoms with van der Waals surface area (Å²) in [5.41, 5.74) is 0.904. The molecule has 2 rings (SSSR count). The van der Waals surface area contributed by atoms with Gasteiger partial charge >= 0.3 is 0 Å². The molecule has 0 aliphatic heterocycles. The standard InChI is InChI=1S/C11H18N4O/c1-12-10(8-6-13-15(2)7-8)11(16)14-9-4-3-5-9/h6-7,9-10,12H,3-5H2,1-2H3,(H,14,16). The molecule has 5 heteroatoms. The zero-order valence-corrected chi connectivity index (χ0v) is 9.73. The van der Waals surface area contributed by atoms with Crippen molar-refractivity contribution in [3.05, 3.63) is 18.0 Å². The lowest BCUT2D eigenvalue weighted by atomic mass is 9.92. The summed E-state index contributed by atoms with van der Waals surface area (Å²) in [5.74, 6) is 0.0419. The Morgan fingerprint density at radius 3 is 2.81 bits per heavy atom. The predicted molar refractivity (Wildman–Crippen MR) is 60.8 cm³/mol. The first-order chi connectivity index (χ1) is 7.70. The second kappa shape index (κ2) is 4.65. The number of aromatic nitrogens is 2. The summed E-state index contributed by atoms with van der Waals surface area (Å²) in [5, 5.41) is 10.1. The van der Waals surface area contributed by atoms with Crippen molar-refractivity contribution in [2.45, 2.75) is 31.3 Å². The molecule has 16 heavy (non-hydrogen) atoms. The van der Waals surface area contributed by atoms with Crippen LogP contribution in [0.15, 0.2) is 12.4 Å². The molecular formula is C11H18N4O. The highest BCUT2D eigenvalue weighted by molar-refractivity contribution is 5.83. The second-order valence-electron chi connectivity index (χ2n) is 4.31. The van der Waals surface area contributed by atoms with Gasteiger partial charge in [0.05, 0.1) is 6.20 Å². The van der Waals surface area contributed by atoms with Gasteiger partial charge in [0.2, 0.25) is 5.91 Å². The van der Waals surface area contributed by atoms with Crippen molar-refractivity contribution < 1.29 is 4.79 Å². The topological polar surface area (TPSA) is 59.0 Å². The Morgan fingerprint density at radius 1 is 1.62 bits per heavy atom. The maximum Gasteiger partial charge on any atom is 0.242 e. The number of nitrogens with zero attached hydrogens (tertiary/aromatic N) is 2. The summed E-state index contributed by atoms with van der Waals surface area (Å²) in [6.45, 7) is 0. The van der Waals surface area contributed by atoms with Crippen LogP contribution in [0.5, 0.6) is 0 Å². The van der Waals surface area contributed by atoms with Gasteiger partial charge in [0.1, 0.15) is 6.04 Å². The molecule has 5 nitrogen and oxygen atoms in total. The van der Waals surface area contributed by atoms with E-state index in [1.165, 1.54) is 6.42 Å². The third-order valence-corrected chi connectivity index (χ3v) is 3.06. The lowest BCUT2D eigenvalue weighted by Gasteiger charge is -2.28. The number of carbonyl (C=O) groups is 1. The van der Waals surface area contributed by atoms with Gasteiger partial charge in [-0.3, -0.25) is 9.48 Å². The Hall–Kier alpha value is -1.36. The summed E-state index contributed by atoms with van der Waals surface area (Å²) >= 11 is 0. The van der Waals surface area contributed by atoms with E-state index in [1.807, 2.05) is 13.2 Å². The zero-order chi connectivity index (χ0) is 11.5. The number of carbonyl (C=O) groups excluding carboxylic acids is 1. The SMILES string of the molecule is CNC(C(=O)NC1CCC1)c1cnn(C)c1. The van der Waals surface area contributed by atoms with Crippen molar-refractivity contribution in [3.63, 3.8) is 0 Å². The molecule has 2 N–H and O–H groups in total. The maximum absolute atomic E-state index is 12.0. The van der Waals surface area contributed by atoms with Crippen LogP contribution in [0.1, 0.15) is 30.9 Å². The van der Waals surface area contributed by atoms with Gasteiger partial charge in [-0.2, -0.15) is 5.10 Å². The number of amides is 1. The molecule has 88 valence electrons. The fourth-order valence-electron chi connectivity index (χ4n) is 1.88. The van der Waals surface area contributed by atoms with Crippen LogP contribution in [0.4, 0.5) is 0 Å². The van der Waals surface area contributed by atoms with Gasteiger partial charge in [-0.1, -0.05) is 0 Å². The Bertz CT molecular complexity index is 370. The van der Waals surface area contributed by atoms with E-state index in [2.05, 4.69) is 15.7 Å². The summed E-state index contributed by atoms with van der Waals surface area (Å²) in [6.07, 6.45) is 7.02. The predicted octanol–water partition coefficient (Wildman–Crippen LogP) is 0.349. The van der Waals surface area contributed by atoms with Crippen LogP contribution in [0.3, 0.4) is 0 Å². The fourth-order valence-corrected chi connectivity index (χ4v) is 1.88. The zero-order valence-electron chi connectivity index (χ0n) is 9.73. The number of hydrogen-bond donors (Lipinski definition) is 2. The lowest BCUT2D eigenvalue weighted by molar-refractivity contribution is -0.124. The number of aryl methyl sites for hydroxylation is 1. The minimum absolute atomic E-state index is 0.0419. The molecule has 1 heterocycles. The first-order valence-corrected chi connectivity index (χ1v) is 5.67. The first kappa shape index (κ1) is 11.1. The van der Waals surface area contributed by atoms with Gasteiger partial charge in [0, 0.05) is 24.8 Å². The molecule has 1 aromatic rings. The first-order valence-electron chi connectivity index (χ1n) is 5.67. The Labute approximate surface area is 95.2 Å². The summed E-state index contributed by atoms with van der Waals surface area (Å²) in [7, 11) is 3.64. The second-order valence-corrected chi connectivity index (χ2v) is 4.31. The molecule has 0 spiro atoms. The van der Waals surface area contributed by atoms with E-state index >= 15 is 0 Å². The maximum atomic E-state index is 12.0. The van der Waals surface area contributed by atoms with Crippen LogP contribution in [-0.4, -0.2) is 28.8 Å². The highest BCUT2D eigenvalue weighted by atomic mass is 16.2. The molecule has 1 aliphatic carbocycles. The number of rotatable bonds is 4. The van der Waals surface area contributed by atoms with Gasteiger partial charge < -0.3 is 10.6 Å². The number of hydrogen-bond acceptors (Lipinski definition) is 3. The van der Waals surface area contributed by atoms with Crippen molar-refractivity contribution in [3.8, 4) is 0 Å². The smallest absolute Gasteiger partial charge is 0.242 e. The van der Waals surface area contributed by atoms with Crippen molar-refractivity contribution in [1.82, 2.24) is 20.4 Å². The monoisotopic (exact) mass is 222 g/mol. The number of likely N-dealkylation sites (N-methyl/N-ethyl adjacent to an activating group) is 1. The quantitative estimate of drug-likeness (QED) is 0.773. The Balaban J connectivity index is 2.00. The van der Waals surface area contributed by atoms with E-state index in [4.69, 9.17) is 0 Å². The molecule has 0 radical (unpaired) electrons. The van der Waals surface area contributed by atoms with Crippen molar-refractivity contribution in [2.24, 2.45) is 7.05 Å². The summed E-state index contributed by atoms with van der Waals surface area (Å²) < 4.78 is 1.70. The fraction of sp³-hybridized carbons (Fsp3) is 0.636. The van der Waals surface area contributed by atoms with Crippen LogP contribution in [-0.2, 0) is 11.8 Å². The average Bonchev–Trinajstić information content (AvgIpc) is 2.60. The summed E-state index contributed by atoms with van der Waals surface area (Å²) in [6, 6.07) is 0.0781. The van der Waals surface area contributed by atoms with E-state index in [0.717, 1.165) is 18.4 Å². The number of nitrogens with one attached hydrogen (secondary N) is 2. The lowest BCUT2D eigenvalue weighted by Crippen LogP contribution is -2.44. The molecule has 1 fully saturated rings. The van der Waals surface area contributed by atoms with Gasteiger partial charge in [0.15, 0.2) is 0 Å². The third kappa shape index (κ3) is 2.24. The van der Waals surface area contributed by atoms with Gasteiger partial charge in [0.25, 0.3) is 0 Å². The molecule has 1 aliphatic rings. The van der Waals surface area contributed by atoms with Crippen LogP contribution >= 0.6 is 0 Å². The van der Waals surface area contributed by atoms with Crippen LogP contribution in [0, 0.1) is 0 Å². The Kier molecular flexibility index (Phi) is 3.24. The van der Waals surface area contributed by atoms with Gasteiger partial charge in [-0.05, 0) is 26.3 Å². The third-order valence-electron chi connectivity index (χ3n) is 3.06. The molecule has 0 aromatic carbocycles. The highest BCUT2D eigenvalue weighted by Gasteiger charge is 2.25. The van der Waals surface area contributed by atoms with Crippen LogP contribution in [0.25, 0.3) is 0 Å². The van der Waals surface area contributed by atoms with Crippen molar-refractivity contribution in [2.75, 3.05) is 7.05 Å². The molecule has 1 unspecified atom stereocenters. The highest BCUT2D eigenvalue weighted by Crippen LogP contribution is 2.19. The Morgan fingerprint density at radius 2 is 2.38 bits per heavy atom. The van der Waals surface area contributed by atoms with Gasteiger partial charge in [-0.25, -0.2) is 0 Å². The van der Waals surface area contributed by atoms with Crippen molar-refractivity contribution in [1.29, 1.82) is 0 Å². The van der Waals surface area contributed by atoms with Crippen molar-refractivity contribution >= 4 is 5.91 Å². The van der Waals surface area contributed by atoms with E-state index in [1.54, 1.807) is 17.9 Å². The molecule has 1 atom stereocenters. The molecule has 1 saturated carbocycles. The van der Waals surface area contributed by atoms with E-state index < -0.39 is 0 Å². The minimum atomic E-state index is -0.297. The van der Waals surface area contributed by atoms with Crippen LogP contribution < -0.4 is 10.6 Å². The van der Waals surface area contributed by atoms with Crippen LogP contribution in [0.2, 0.25) is 0 Å². The molecule has 1 amide bonds. The molecule has 0 saturated heterocycles. The molecular weight excluding hydrogens is 204 g/mol.